The number of benzene rings is 1. The quantitative estimate of drug-likeness (QED) is 0.500. The zero-order valence-corrected chi connectivity index (χ0v) is 24.6. The van der Waals surface area contributed by atoms with Gasteiger partial charge in [0.2, 0.25) is 0 Å². The van der Waals surface area contributed by atoms with Gasteiger partial charge in [0, 0.05) is 44.5 Å². The van der Waals surface area contributed by atoms with Crippen LogP contribution >= 0.6 is 11.3 Å². The first-order valence-electron chi connectivity index (χ1n) is 13.7. The highest BCUT2D eigenvalue weighted by molar-refractivity contribution is 7.12. The number of nitrogens with zero attached hydrogens (tertiary/aromatic N) is 3. The van der Waals surface area contributed by atoms with Gasteiger partial charge in [-0.05, 0) is 48.8 Å². The van der Waals surface area contributed by atoms with Gasteiger partial charge < -0.3 is 15.0 Å². The SMILES string of the molecule is CCOC(=O)C1=C(CN2CCN(C(=O)c3cccs3)[C@H](C)C2)N(CC)C(=O)N[C@H]1c1ccc(C(C)(C)C)cc1. The lowest BCUT2D eigenvalue weighted by atomic mass is 9.85. The highest BCUT2D eigenvalue weighted by Crippen LogP contribution is 2.34. The maximum absolute atomic E-state index is 13.4. The molecule has 9 heteroatoms. The second-order valence-electron chi connectivity index (χ2n) is 11.1. The van der Waals surface area contributed by atoms with Crippen LogP contribution in [0.25, 0.3) is 0 Å². The monoisotopic (exact) mass is 552 g/mol. The van der Waals surface area contributed by atoms with Crippen molar-refractivity contribution in [2.45, 2.75) is 59.0 Å². The molecule has 2 aliphatic rings. The van der Waals surface area contributed by atoms with Gasteiger partial charge in [0.05, 0.1) is 23.1 Å². The second-order valence-corrected chi connectivity index (χ2v) is 12.1. The Morgan fingerprint density at radius 1 is 1.10 bits per heavy atom. The molecule has 0 aliphatic carbocycles. The van der Waals surface area contributed by atoms with Crippen molar-refractivity contribution in [3.63, 3.8) is 0 Å². The minimum Gasteiger partial charge on any atom is -0.463 e. The van der Waals surface area contributed by atoms with Crippen LogP contribution in [0.3, 0.4) is 0 Å². The van der Waals surface area contributed by atoms with E-state index in [1.54, 1.807) is 11.8 Å². The van der Waals surface area contributed by atoms with E-state index >= 15 is 0 Å². The van der Waals surface area contributed by atoms with Crippen molar-refractivity contribution in [2.75, 3.05) is 39.3 Å². The van der Waals surface area contributed by atoms with Crippen LogP contribution in [0.15, 0.2) is 53.0 Å². The van der Waals surface area contributed by atoms with E-state index < -0.39 is 12.0 Å². The molecule has 2 aliphatic heterocycles. The van der Waals surface area contributed by atoms with Gasteiger partial charge in [-0.25, -0.2) is 9.59 Å². The maximum atomic E-state index is 13.4. The Hall–Kier alpha value is -3.17. The number of rotatable bonds is 7. The predicted molar refractivity (Wildman–Crippen MR) is 154 cm³/mol. The summed E-state index contributed by atoms with van der Waals surface area (Å²) in [6, 6.07) is 11.0. The lowest BCUT2D eigenvalue weighted by molar-refractivity contribution is -0.139. The first-order chi connectivity index (χ1) is 18.5. The zero-order valence-electron chi connectivity index (χ0n) is 23.8. The highest BCUT2D eigenvalue weighted by atomic mass is 32.1. The van der Waals surface area contributed by atoms with Crippen molar-refractivity contribution in [1.29, 1.82) is 0 Å². The normalized spacial score (nSPS) is 20.7. The molecule has 3 heterocycles. The minimum atomic E-state index is -0.609. The number of likely N-dealkylation sites (N-methyl/N-ethyl adjacent to an activating group) is 1. The number of carbonyl (C=O) groups excluding carboxylic acids is 3. The molecule has 0 unspecified atom stereocenters. The third-order valence-electron chi connectivity index (χ3n) is 7.44. The van der Waals surface area contributed by atoms with E-state index in [-0.39, 0.29) is 30.0 Å². The number of carbonyl (C=O) groups is 3. The minimum absolute atomic E-state index is 0.00627. The van der Waals surface area contributed by atoms with Crippen LogP contribution in [-0.4, -0.2) is 78.0 Å². The van der Waals surface area contributed by atoms with Crippen LogP contribution in [0, 0.1) is 0 Å². The molecule has 1 fully saturated rings. The molecular formula is C30H40N4O4S. The van der Waals surface area contributed by atoms with Crippen molar-refractivity contribution in [1.82, 2.24) is 20.0 Å². The van der Waals surface area contributed by atoms with Gasteiger partial charge in [-0.3, -0.25) is 14.6 Å². The predicted octanol–water partition coefficient (Wildman–Crippen LogP) is 4.80. The summed E-state index contributed by atoms with van der Waals surface area (Å²) < 4.78 is 5.52. The molecule has 8 nitrogen and oxygen atoms in total. The molecule has 210 valence electrons. The molecular weight excluding hydrogens is 512 g/mol. The van der Waals surface area contributed by atoms with Gasteiger partial charge in [-0.1, -0.05) is 51.1 Å². The lowest BCUT2D eigenvalue weighted by Crippen LogP contribution is -2.56. The summed E-state index contributed by atoms with van der Waals surface area (Å²) in [7, 11) is 0. The maximum Gasteiger partial charge on any atom is 0.338 e. The number of ether oxygens (including phenoxy) is 1. The number of urea groups is 1. The van der Waals surface area contributed by atoms with Crippen LogP contribution in [-0.2, 0) is 14.9 Å². The first kappa shape index (κ1) is 28.8. The number of hydrogen-bond donors (Lipinski definition) is 1. The Balaban J connectivity index is 1.65. The molecule has 2 aromatic rings. The summed E-state index contributed by atoms with van der Waals surface area (Å²) in [6.07, 6.45) is 0. The number of amides is 3. The van der Waals surface area contributed by atoms with Gasteiger partial charge in [0.15, 0.2) is 0 Å². The van der Waals surface area contributed by atoms with Gasteiger partial charge in [0.1, 0.15) is 0 Å². The van der Waals surface area contributed by atoms with E-state index in [0.29, 0.717) is 44.0 Å². The summed E-state index contributed by atoms with van der Waals surface area (Å²) >= 11 is 1.45. The van der Waals surface area contributed by atoms with Crippen molar-refractivity contribution < 1.29 is 19.1 Å². The summed E-state index contributed by atoms with van der Waals surface area (Å²) in [5.41, 5.74) is 3.13. The number of nitrogens with one attached hydrogen (secondary N) is 1. The fourth-order valence-electron chi connectivity index (χ4n) is 5.32. The van der Waals surface area contributed by atoms with Crippen molar-refractivity contribution in [2.24, 2.45) is 0 Å². The molecule has 3 amide bonds. The molecule has 4 rings (SSSR count). The van der Waals surface area contributed by atoms with E-state index in [4.69, 9.17) is 4.74 Å². The Kier molecular flexibility index (Phi) is 8.81. The molecule has 1 aromatic carbocycles. The van der Waals surface area contributed by atoms with Crippen LogP contribution in [0.2, 0.25) is 0 Å². The van der Waals surface area contributed by atoms with E-state index in [0.717, 1.165) is 10.4 Å². The van der Waals surface area contributed by atoms with E-state index in [9.17, 15) is 14.4 Å². The van der Waals surface area contributed by atoms with Crippen LogP contribution in [0.4, 0.5) is 4.79 Å². The number of esters is 1. The largest absolute Gasteiger partial charge is 0.463 e. The summed E-state index contributed by atoms with van der Waals surface area (Å²) in [5.74, 6) is -0.370. The summed E-state index contributed by atoms with van der Waals surface area (Å²) in [5, 5.41) is 4.97. The average Bonchev–Trinajstić information content (AvgIpc) is 3.43. The summed E-state index contributed by atoms with van der Waals surface area (Å²) in [6.45, 7) is 15.1. The third kappa shape index (κ3) is 6.20. The molecule has 1 N–H and O–H groups in total. The molecule has 0 bridgehead atoms. The van der Waals surface area contributed by atoms with Crippen molar-refractivity contribution >= 4 is 29.2 Å². The molecule has 0 saturated carbocycles. The smallest absolute Gasteiger partial charge is 0.338 e. The molecule has 2 atom stereocenters. The van der Waals surface area contributed by atoms with Gasteiger partial charge in [-0.2, -0.15) is 0 Å². The molecule has 1 aromatic heterocycles. The van der Waals surface area contributed by atoms with Gasteiger partial charge in [0.25, 0.3) is 5.91 Å². The van der Waals surface area contributed by atoms with Crippen molar-refractivity contribution in [3.05, 3.63) is 69.1 Å². The van der Waals surface area contributed by atoms with E-state index in [1.807, 2.05) is 48.4 Å². The van der Waals surface area contributed by atoms with E-state index in [1.165, 1.54) is 16.9 Å². The van der Waals surface area contributed by atoms with Crippen LogP contribution in [0.1, 0.15) is 68.4 Å². The standard InChI is InChI=1S/C30H40N4O4S/c1-7-33-23(19-32-15-16-34(20(3)18-32)27(35)24-10-9-17-39-24)25(28(36)38-8-2)26(31-29(33)37)21-11-13-22(14-12-21)30(4,5)6/h9-14,17,20,26H,7-8,15-16,18-19H2,1-6H3,(H,31,37)/t20-,26+/m1/s1. The number of piperazine rings is 1. The van der Waals surface area contributed by atoms with Crippen LogP contribution < -0.4 is 5.32 Å². The van der Waals surface area contributed by atoms with Gasteiger partial charge >= 0.3 is 12.0 Å². The molecule has 0 radical (unpaired) electrons. The molecule has 1 saturated heterocycles. The zero-order chi connectivity index (χ0) is 28.3. The number of hydrogen-bond acceptors (Lipinski definition) is 6. The highest BCUT2D eigenvalue weighted by Gasteiger charge is 2.39. The lowest BCUT2D eigenvalue weighted by Gasteiger charge is -2.42. The Labute approximate surface area is 235 Å². The van der Waals surface area contributed by atoms with E-state index in [2.05, 4.69) is 43.1 Å². The fraction of sp³-hybridized carbons (Fsp3) is 0.500. The molecule has 39 heavy (non-hydrogen) atoms. The fourth-order valence-corrected chi connectivity index (χ4v) is 5.99. The Morgan fingerprint density at radius 3 is 2.38 bits per heavy atom. The third-order valence-corrected chi connectivity index (χ3v) is 8.30. The first-order valence-corrected chi connectivity index (χ1v) is 14.6. The Bertz CT molecular complexity index is 1220. The topological polar surface area (TPSA) is 82.2 Å². The summed E-state index contributed by atoms with van der Waals surface area (Å²) in [4.78, 5) is 46.3. The Morgan fingerprint density at radius 2 is 1.82 bits per heavy atom. The second kappa shape index (κ2) is 11.9. The average molecular weight is 553 g/mol. The van der Waals surface area contributed by atoms with Crippen LogP contribution in [0.5, 0.6) is 0 Å². The molecule has 0 spiro atoms. The number of thiophene rings is 1. The van der Waals surface area contributed by atoms with Crippen molar-refractivity contribution in [3.8, 4) is 0 Å². The van der Waals surface area contributed by atoms with Gasteiger partial charge in [-0.15, -0.1) is 11.3 Å².